The van der Waals surface area contributed by atoms with Crippen molar-refractivity contribution in [3.05, 3.63) is 15.6 Å². The van der Waals surface area contributed by atoms with E-state index in [0.717, 1.165) is 29.7 Å². The van der Waals surface area contributed by atoms with Crippen LogP contribution in [0, 0.1) is 19.8 Å². The Morgan fingerprint density at radius 2 is 2.05 bits per heavy atom. The van der Waals surface area contributed by atoms with Gasteiger partial charge in [-0.05, 0) is 32.6 Å². The maximum atomic E-state index is 6.06. The minimum absolute atomic E-state index is 0. The van der Waals surface area contributed by atoms with Crippen LogP contribution in [0.25, 0.3) is 0 Å². The van der Waals surface area contributed by atoms with Gasteiger partial charge in [-0.2, -0.15) is 0 Å². The zero-order valence-electron chi connectivity index (χ0n) is 11.8. The van der Waals surface area contributed by atoms with Gasteiger partial charge in [0.1, 0.15) is 0 Å². The molecule has 1 fully saturated rings. The number of aryl methyl sites for hydroxylation is 2. The lowest BCUT2D eigenvalue weighted by Gasteiger charge is -2.30. The van der Waals surface area contributed by atoms with Gasteiger partial charge in [-0.15, -0.1) is 35.3 Å². The number of nitrogens with zero attached hydrogens (tertiary/aromatic N) is 3. The number of piperidine rings is 1. The molecule has 0 saturated carbocycles. The van der Waals surface area contributed by atoms with Crippen LogP contribution in [0.5, 0.6) is 0 Å². The van der Waals surface area contributed by atoms with Crippen molar-refractivity contribution in [3.8, 4) is 0 Å². The molecule has 0 aliphatic carbocycles. The van der Waals surface area contributed by atoms with Crippen molar-refractivity contribution in [3.63, 3.8) is 0 Å². The lowest BCUT2D eigenvalue weighted by Crippen LogP contribution is -2.42. The van der Waals surface area contributed by atoms with Crippen molar-refractivity contribution in [2.45, 2.75) is 40.2 Å². The quantitative estimate of drug-likeness (QED) is 0.477. The molecule has 6 heteroatoms. The highest BCUT2D eigenvalue weighted by molar-refractivity contribution is 14.0. The fraction of sp³-hybridized carbons (Fsp3) is 0.692. The van der Waals surface area contributed by atoms with Gasteiger partial charge in [-0.3, -0.25) is 0 Å². The fourth-order valence-corrected chi connectivity index (χ4v) is 3.07. The fourth-order valence-electron chi connectivity index (χ4n) is 2.21. The number of hydrogen-bond acceptors (Lipinski definition) is 3. The first kappa shape index (κ1) is 16.7. The maximum absolute atomic E-state index is 6.06. The van der Waals surface area contributed by atoms with Gasteiger partial charge in [0.2, 0.25) is 0 Å². The van der Waals surface area contributed by atoms with Crippen molar-refractivity contribution in [1.29, 1.82) is 0 Å². The number of hydrogen-bond donors (Lipinski definition) is 1. The highest BCUT2D eigenvalue weighted by atomic mass is 127. The Morgan fingerprint density at radius 3 is 2.58 bits per heavy atom. The Morgan fingerprint density at radius 1 is 1.42 bits per heavy atom. The molecule has 0 atom stereocenters. The zero-order chi connectivity index (χ0) is 13.1. The molecular weight excluding hydrogens is 371 g/mol. The van der Waals surface area contributed by atoms with Crippen LogP contribution in [0.15, 0.2) is 4.99 Å². The number of guanidine groups is 1. The Labute approximate surface area is 136 Å². The largest absolute Gasteiger partial charge is 0.370 e. The lowest BCUT2D eigenvalue weighted by molar-refractivity contribution is 0.277. The summed E-state index contributed by atoms with van der Waals surface area (Å²) in [6.45, 7) is 9.10. The highest BCUT2D eigenvalue weighted by Crippen LogP contribution is 2.19. The highest BCUT2D eigenvalue weighted by Gasteiger charge is 2.17. The summed E-state index contributed by atoms with van der Waals surface area (Å²) in [6.07, 6.45) is 2.43. The summed E-state index contributed by atoms with van der Waals surface area (Å²) in [6, 6.07) is 0. The van der Waals surface area contributed by atoms with Crippen LogP contribution in [0.3, 0.4) is 0 Å². The molecule has 1 aliphatic heterocycles. The third-order valence-corrected chi connectivity index (χ3v) is 4.55. The number of thiazole rings is 1. The first-order valence-corrected chi connectivity index (χ1v) is 7.35. The van der Waals surface area contributed by atoms with Crippen molar-refractivity contribution in [1.82, 2.24) is 9.88 Å². The Bertz CT molecular complexity index is 436. The molecule has 2 rings (SSSR count). The Hall–Kier alpha value is -0.370. The van der Waals surface area contributed by atoms with Crippen LogP contribution >= 0.6 is 35.3 Å². The maximum Gasteiger partial charge on any atom is 0.191 e. The number of nitrogens with two attached hydrogens (primary N) is 1. The summed E-state index contributed by atoms with van der Waals surface area (Å²) in [5, 5.41) is 1.10. The summed E-state index contributed by atoms with van der Waals surface area (Å²) in [7, 11) is 0. The summed E-state index contributed by atoms with van der Waals surface area (Å²) in [5.41, 5.74) is 7.14. The molecule has 0 radical (unpaired) electrons. The zero-order valence-corrected chi connectivity index (χ0v) is 15.0. The first-order valence-electron chi connectivity index (χ1n) is 6.54. The monoisotopic (exact) mass is 394 g/mol. The molecule has 0 amide bonds. The number of aromatic nitrogens is 1. The summed E-state index contributed by atoms with van der Waals surface area (Å²) < 4.78 is 0. The van der Waals surface area contributed by atoms with Gasteiger partial charge in [0, 0.05) is 18.0 Å². The van der Waals surface area contributed by atoms with Crippen LogP contribution in [0.4, 0.5) is 0 Å². The van der Waals surface area contributed by atoms with Crippen molar-refractivity contribution in [2.24, 2.45) is 16.6 Å². The van der Waals surface area contributed by atoms with Crippen molar-refractivity contribution < 1.29 is 0 Å². The molecule has 108 valence electrons. The lowest BCUT2D eigenvalue weighted by atomic mass is 10.00. The van der Waals surface area contributed by atoms with Gasteiger partial charge in [0.25, 0.3) is 0 Å². The molecule has 2 N–H and O–H groups in total. The molecule has 19 heavy (non-hydrogen) atoms. The van der Waals surface area contributed by atoms with E-state index in [1.807, 2.05) is 13.8 Å². The molecule has 0 unspecified atom stereocenters. The van der Waals surface area contributed by atoms with Gasteiger partial charge in [0.15, 0.2) is 5.96 Å². The van der Waals surface area contributed by atoms with Gasteiger partial charge in [0.05, 0.1) is 17.2 Å². The SMILES string of the molecule is Cc1nc(C)c(CN=C(N)N2CCC(C)CC2)s1.I. The minimum atomic E-state index is 0. The smallest absolute Gasteiger partial charge is 0.191 e. The molecule has 0 aromatic carbocycles. The summed E-state index contributed by atoms with van der Waals surface area (Å²) in [5.74, 6) is 1.51. The average molecular weight is 394 g/mol. The van der Waals surface area contributed by atoms with Gasteiger partial charge < -0.3 is 10.6 Å². The third-order valence-electron chi connectivity index (χ3n) is 3.49. The van der Waals surface area contributed by atoms with E-state index < -0.39 is 0 Å². The molecule has 1 saturated heterocycles. The van der Waals surface area contributed by atoms with E-state index in [2.05, 4.69) is 21.8 Å². The van der Waals surface area contributed by atoms with Crippen LogP contribution in [0.1, 0.15) is 35.3 Å². The van der Waals surface area contributed by atoms with Crippen LogP contribution in [-0.4, -0.2) is 28.9 Å². The van der Waals surface area contributed by atoms with Gasteiger partial charge >= 0.3 is 0 Å². The van der Waals surface area contributed by atoms with Crippen molar-refractivity contribution in [2.75, 3.05) is 13.1 Å². The molecule has 1 aliphatic rings. The number of halogens is 1. The van der Waals surface area contributed by atoms with E-state index in [9.17, 15) is 0 Å². The van der Waals surface area contributed by atoms with Gasteiger partial charge in [-0.25, -0.2) is 9.98 Å². The molecular formula is C13H23IN4S. The second kappa shape index (κ2) is 7.42. The first-order chi connectivity index (χ1) is 8.56. The molecule has 0 bridgehead atoms. The predicted octanol–water partition coefficient (Wildman–Crippen LogP) is 2.92. The second-order valence-corrected chi connectivity index (χ2v) is 6.37. The van der Waals surface area contributed by atoms with E-state index in [1.165, 1.54) is 17.7 Å². The molecule has 4 nitrogen and oxygen atoms in total. The molecule has 1 aromatic heterocycles. The van der Waals surface area contributed by atoms with Crippen LogP contribution < -0.4 is 5.73 Å². The average Bonchev–Trinajstić information content (AvgIpc) is 2.66. The standard InChI is InChI=1S/C13H22N4S.HI/c1-9-4-6-17(7-5-9)13(14)15-8-12-10(2)16-11(3)18-12;/h9H,4-8H2,1-3H3,(H2,14,15);1H. The number of likely N-dealkylation sites (tertiary alicyclic amines) is 1. The number of rotatable bonds is 2. The van der Waals surface area contributed by atoms with Gasteiger partial charge in [-0.1, -0.05) is 6.92 Å². The van der Waals surface area contributed by atoms with E-state index in [4.69, 9.17) is 5.73 Å². The van der Waals surface area contributed by atoms with Crippen LogP contribution in [0.2, 0.25) is 0 Å². The van der Waals surface area contributed by atoms with E-state index in [1.54, 1.807) is 11.3 Å². The van der Waals surface area contributed by atoms with Crippen molar-refractivity contribution >= 4 is 41.3 Å². The topological polar surface area (TPSA) is 54.5 Å². The number of aliphatic imine (C=N–C) groups is 1. The van der Waals surface area contributed by atoms with E-state index in [0.29, 0.717) is 12.5 Å². The Balaban J connectivity index is 0.00000180. The molecule has 1 aromatic rings. The normalized spacial score (nSPS) is 17.4. The predicted molar refractivity (Wildman–Crippen MR) is 92.3 cm³/mol. The van der Waals surface area contributed by atoms with E-state index >= 15 is 0 Å². The Kier molecular flexibility index (Phi) is 6.52. The third kappa shape index (κ3) is 4.59. The molecule has 2 heterocycles. The summed E-state index contributed by atoms with van der Waals surface area (Å²) >= 11 is 1.71. The summed E-state index contributed by atoms with van der Waals surface area (Å²) in [4.78, 5) is 12.3. The van der Waals surface area contributed by atoms with E-state index in [-0.39, 0.29) is 24.0 Å². The molecule has 0 spiro atoms. The minimum Gasteiger partial charge on any atom is -0.370 e. The second-order valence-electron chi connectivity index (χ2n) is 5.09. The van der Waals surface area contributed by atoms with Crippen LogP contribution in [-0.2, 0) is 6.54 Å².